The number of halogens is 1. The van der Waals surface area contributed by atoms with Gasteiger partial charge in [-0.15, -0.1) is 24.0 Å². The number of nitrogens with zero attached hydrogens (tertiary/aromatic N) is 3. The van der Waals surface area contributed by atoms with Crippen LogP contribution in [-0.4, -0.2) is 82.3 Å². The molecule has 0 unspecified atom stereocenters. The smallest absolute Gasteiger partial charge is 0.191 e. The van der Waals surface area contributed by atoms with Crippen molar-refractivity contribution in [2.24, 2.45) is 4.99 Å². The van der Waals surface area contributed by atoms with E-state index >= 15 is 0 Å². The number of hydrogen-bond acceptors (Lipinski definition) is 4. The summed E-state index contributed by atoms with van der Waals surface area (Å²) >= 11 is 0. The molecule has 0 bridgehead atoms. The molecule has 0 radical (unpaired) electrons. The van der Waals surface area contributed by atoms with Crippen LogP contribution in [0.15, 0.2) is 29.3 Å². The molecule has 27 heavy (non-hydrogen) atoms. The molecule has 1 aliphatic heterocycles. The molecular formula is C20H36IN5O. The van der Waals surface area contributed by atoms with Gasteiger partial charge in [-0.05, 0) is 51.5 Å². The summed E-state index contributed by atoms with van der Waals surface area (Å²) in [5.41, 5.74) is 1.21. The van der Waals surface area contributed by atoms with E-state index in [1.54, 1.807) is 7.11 Å². The molecule has 6 nitrogen and oxygen atoms in total. The van der Waals surface area contributed by atoms with E-state index in [-0.39, 0.29) is 24.0 Å². The summed E-state index contributed by atoms with van der Waals surface area (Å²) < 4.78 is 5.42. The van der Waals surface area contributed by atoms with Gasteiger partial charge in [-0.1, -0.05) is 18.2 Å². The lowest BCUT2D eigenvalue weighted by Crippen LogP contribution is -2.39. The number of guanidine groups is 1. The van der Waals surface area contributed by atoms with Gasteiger partial charge in [0.25, 0.3) is 0 Å². The number of ether oxygens (including phenoxy) is 1. The van der Waals surface area contributed by atoms with E-state index in [2.05, 4.69) is 46.5 Å². The van der Waals surface area contributed by atoms with Crippen molar-refractivity contribution in [1.82, 2.24) is 20.4 Å². The zero-order valence-corrected chi connectivity index (χ0v) is 19.4. The molecule has 1 aromatic carbocycles. The fourth-order valence-corrected chi connectivity index (χ4v) is 3.19. The monoisotopic (exact) mass is 489 g/mol. The van der Waals surface area contributed by atoms with Crippen molar-refractivity contribution >= 4 is 29.9 Å². The molecule has 154 valence electrons. The highest BCUT2D eigenvalue weighted by Crippen LogP contribution is 2.17. The van der Waals surface area contributed by atoms with Crippen molar-refractivity contribution in [1.29, 1.82) is 0 Å². The molecule has 0 atom stereocenters. The molecule has 1 saturated heterocycles. The average Bonchev–Trinajstić information content (AvgIpc) is 2.86. The minimum atomic E-state index is 0. The first-order valence-corrected chi connectivity index (χ1v) is 9.78. The summed E-state index contributed by atoms with van der Waals surface area (Å²) in [7, 11) is 3.93. The second-order valence-corrected chi connectivity index (χ2v) is 6.75. The Labute approximate surface area is 181 Å². The van der Waals surface area contributed by atoms with Crippen molar-refractivity contribution in [3.8, 4) is 5.75 Å². The Bertz CT molecular complexity index is 555. The molecule has 7 heteroatoms. The molecule has 1 heterocycles. The maximum Gasteiger partial charge on any atom is 0.191 e. The van der Waals surface area contributed by atoms with Crippen molar-refractivity contribution < 1.29 is 4.74 Å². The Hall–Kier alpha value is -1.06. The van der Waals surface area contributed by atoms with Crippen molar-refractivity contribution in [3.05, 3.63) is 29.8 Å². The van der Waals surface area contributed by atoms with E-state index in [9.17, 15) is 0 Å². The third kappa shape index (κ3) is 9.12. The molecule has 0 spiro atoms. The van der Waals surface area contributed by atoms with Gasteiger partial charge in [0.2, 0.25) is 0 Å². The van der Waals surface area contributed by atoms with Gasteiger partial charge in [0.1, 0.15) is 5.75 Å². The third-order valence-electron chi connectivity index (χ3n) is 4.72. The number of hydrogen-bond donors (Lipinski definition) is 2. The molecular weight excluding hydrogens is 453 g/mol. The standard InChI is InChI=1S/C20H35N5O.HI/c1-4-21-20(22-11-10-18-8-5-6-9-19(18)26-3)23-12-15-25-14-7-13-24(2)16-17-25;/h5-6,8-9H,4,7,10-17H2,1-3H3,(H2,21,22,23);1H. The van der Waals surface area contributed by atoms with E-state index in [1.165, 1.54) is 25.1 Å². The van der Waals surface area contributed by atoms with Crippen LogP contribution >= 0.6 is 24.0 Å². The summed E-state index contributed by atoms with van der Waals surface area (Å²) in [6.07, 6.45) is 2.16. The molecule has 1 aliphatic rings. The van der Waals surface area contributed by atoms with E-state index in [0.29, 0.717) is 0 Å². The maximum absolute atomic E-state index is 5.42. The van der Waals surface area contributed by atoms with Crippen LogP contribution in [0.5, 0.6) is 5.75 Å². The minimum Gasteiger partial charge on any atom is -0.496 e. The second-order valence-electron chi connectivity index (χ2n) is 6.75. The fourth-order valence-electron chi connectivity index (χ4n) is 3.19. The Morgan fingerprint density at radius 2 is 1.96 bits per heavy atom. The molecule has 0 aliphatic carbocycles. The molecule has 1 fully saturated rings. The summed E-state index contributed by atoms with van der Waals surface area (Å²) in [5.74, 6) is 1.84. The van der Waals surface area contributed by atoms with Crippen LogP contribution in [0.2, 0.25) is 0 Å². The van der Waals surface area contributed by atoms with Gasteiger partial charge in [-0.25, -0.2) is 0 Å². The van der Waals surface area contributed by atoms with Gasteiger partial charge in [0.15, 0.2) is 5.96 Å². The van der Waals surface area contributed by atoms with Crippen LogP contribution in [-0.2, 0) is 6.42 Å². The second kappa shape index (κ2) is 14.0. The van der Waals surface area contributed by atoms with Gasteiger partial charge in [0.05, 0.1) is 13.7 Å². The number of para-hydroxylation sites is 1. The quantitative estimate of drug-likeness (QED) is 0.333. The zero-order chi connectivity index (χ0) is 18.6. The molecule has 1 aromatic rings. The van der Waals surface area contributed by atoms with E-state index in [1.807, 2.05) is 12.1 Å². The zero-order valence-electron chi connectivity index (χ0n) is 17.0. The Kier molecular flexibility index (Phi) is 12.4. The summed E-state index contributed by atoms with van der Waals surface area (Å²) in [5, 5.41) is 6.77. The predicted octanol–water partition coefficient (Wildman–Crippen LogP) is 2.05. The summed E-state index contributed by atoms with van der Waals surface area (Å²) in [6.45, 7) is 10.3. The van der Waals surface area contributed by atoms with Gasteiger partial charge in [-0.3, -0.25) is 4.99 Å². The van der Waals surface area contributed by atoms with Gasteiger partial charge in [-0.2, -0.15) is 0 Å². The molecule has 2 rings (SSSR count). The predicted molar refractivity (Wildman–Crippen MR) is 125 cm³/mol. The molecule has 0 saturated carbocycles. The Morgan fingerprint density at radius 3 is 2.74 bits per heavy atom. The van der Waals surface area contributed by atoms with Crippen molar-refractivity contribution in [2.75, 3.05) is 66.5 Å². The van der Waals surface area contributed by atoms with Crippen LogP contribution in [0, 0.1) is 0 Å². The Balaban J connectivity index is 0.00000364. The minimum absolute atomic E-state index is 0. The fraction of sp³-hybridized carbons (Fsp3) is 0.650. The number of aliphatic imine (C=N–C) groups is 1. The molecule has 0 amide bonds. The topological polar surface area (TPSA) is 52.1 Å². The van der Waals surface area contributed by atoms with Crippen LogP contribution in [0.25, 0.3) is 0 Å². The van der Waals surface area contributed by atoms with Crippen LogP contribution in [0.3, 0.4) is 0 Å². The first-order chi connectivity index (χ1) is 12.7. The van der Waals surface area contributed by atoms with Crippen molar-refractivity contribution in [3.63, 3.8) is 0 Å². The largest absolute Gasteiger partial charge is 0.496 e. The Morgan fingerprint density at radius 1 is 1.15 bits per heavy atom. The summed E-state index contributed by atoms with van der Waals surface area (Å²) in [6, 6.07) is 8.17. The van der Waals surface area contributed by atoms with Crippen molar-refractivity contribution in [2.45, 2.75) is 19.8 Å². The lowest BCUT2D eigenvalue weighted by Gasteiger charge is -2.19. The first kappa shape index (κ1) is 24.0. The maximum atomic E-state index is 5.42. The molecule has 2 N–H and O–H groups in total. The highest BCUT2D eigenvalue weighted by Gasteiger charge is 2.11. The van der Waals surface area contributed by atoms with Gasteiger partial charge < -0.3 is 25.2 Å². The summed E-state index contributed by atoms with van der Waals surface area (Å²) in [4.78, 5) is 9.67. The lowest BCUT2D eigenvalue weighted by atomic mass is 10.1. The van der Waals surface area contributed by atoms with Crippen LogP contribution < -0.4 is 15.4 Å². The SMILES string of the molecule is CCNC(=NCCN1CCCN(C)CC1)NCCc1ccccc1OC.I. The van der Waals surface area contributed by atoms with E-state index in [0.717, 1.165) is 57.4 Å². The van der Waals surface area contributed by atoms with Gasteiger partial charge >= 0.3 is 0 Å². The normalized spacial score (nSPS) is 16.3. The highest BCUT2D eigenvalue weighted by atomic mass is 127. The lowest BCUT2D eigenvalue weighted by molar-refractivity contribution is 0.283. The number of likely N-dealkylation sites (N-methyl/N-ethyl adjacent to an activating group) is 1. The molecule has 0 aromatic heterocycles. The van der Waals surface area contributed by atoms with Gasteiger partial charge in [0, 0.05) is 32.7 Å². The highest BCUT2D eigenvalue weighted by molar-refractivity contribution is 14.0. The number of benzene rings is 1. The average molecular weight is 489 g/mol. The van der Waals surface area contributed by atoms with Crippen LogP contribution in [0.4, 0.5) is 0 Å². The number of rotatable bonds is 8. The third-order valence-corrected chi connectivity index (χ3v) is 4.72. The number of nitrogens with one attached hydrogen (secondary N) is 2. The number of methoxy groups -OCH3 is 1. The van der Waals surface area contributed by atoms with E-state index < -0.39 is 0 Å². The van der Waals surface area contributed by atoms with E-state index in [4.69, 9.17) is 9.73 Å². The first-order valence-electron chi connectivity index (χ1n) is 9.78. The van der Waals surface area contributed by atoms with Crippen LogP contribution in [0.1, 0.15) is 18.9 Å².